The molecule has 0 unspecified atom stereocenters. The van der Waals surface area contributed by atoms with Crippen molar-refractivity contribution in [3.63, 3.8) is 0 Å². The SMILES string of the molecule is Cc1ccc(C(=O)O)cc1-n1cc(-c2cncc(N3CCN(C)CC3)c2)nn1. The molecule has 0 aliphatic carbocycles. The summed E-state index contributed by atoms with van der Waals surface area (Å²) in [4.78, 5) is 20.3. The summed E-state index contributed by atoms with van der Waals surface area (Å²) in [5.74, 6) is -0.967. The Kier molecular flexibility index (Phi) is 4.79. The zero-order valence-electron chi connectivity index (χ0n) is 15.9. The molecule has 144 valence electrons. The summed E-state index contributed by atoms with van der Waals surface area (Å²) in [7, 11) is 2.13. The Balaban J connectivity index is 1.62. The molecule has 8 heteroatoms. The smallest absolute Gasteiger partial charge is 0.335 e. The highest BCUT2D eigenvalue weighted by Gasteiger charge is 2.16. The summed E-state index contributed by atoms with van der Waals surface area (Å²) in [6.07, 6.45) is 5.45. The van der Waals surface area contributed by atoms with Gasteiger partial charge in [0.15, 0.2) is 0 Å². The van der Waals surface area contributed by atoms with Gasteiger partial charge in [-0.05, 0) is 37.7 Å². The molecule has 2 aromatic heterocycles. The molecule has 1 saturated heterocycles. The lowest BCUT2D eigenvalue weighted by molar-refractivity contribution is 0.0697. The Morgan fingerprint density at radius 1 is 1.11 bits per heavy atom. The highest BCUT2D eigenvalue weighted by atomic mass is 16.4. The number of aromatic nitrogens is 4. The van der Waals surface area contributed by atoms with E-state index in [2.05, 4.69) is 38.2 Å². The number of rotatable bonds is 4. The summed E-state index contributed by atoms with van der Waals surface area (Å²) in [5.41, 5.74) is 4.49. The van der Waals surface area contributed by atoms with Gasteiger partial charge in [-0.2, -0.15) is 0 Å². The van der Waals surface area contributed by atoms with Crippen LogP contribution >= 0.6 is 0 Å². The van der Waals surface area contributed by atoms with Crippen LogP contribution in [0.3, 0.4) is 0 Å². The number of carboxylic acid groups (broad SMARTS) is 1. The lowest BCUT2D eigenvalue weighted by Gasteiger charge is -2.33. The zero-order chi connectivity index (χ0) is 19.7. The van der Waals surface area contributed by atoms with E-state index in [1.807, 2.05) is 13.1 Å². The Morgan fingerprint density at radius 3 is 2.64 bits per heavy atom. The van der Waals surface area contributed by atoms with Crippen molar-refractivity contribution < 1.29 is 9.90 Å². The van der Waals surface area contributed by atoms with Crippen LogP contribution in [0.25, 0.3) is 16.9 Å². The van der Waals surface area contributed by atoms with E-state index in [1.54, 1.807) is 35.3 Å². The highest BCUT2D eigenvalue weighted by Crippen LogP contribution is 2.24. The second kappa shape index (κ2) is 7.40. The summed E-state index contributed by atoms with van der Waals surface area (Å²) in [6.45, 7) is 5.90. The Labute approximate surface area is 163 Å². The minimum Gasteiger partial charge on any atom is -0.478 e. The van der Waals surface area contributed by atoms with Crippen molar-refractivity contribution in [2.24, 2.45) is 0 Å². The Bertz CT molecular complexity index is 1010. The van der Waals surface area contributed by atoms with Crippen LogP contribution in [-0.4, -0.2) is 69.2 Å². The van der Waals surface area contributed by atoms with Crippen molar-refractivity contribution in [1.82, 2.24) is 24.9 Å². The van der Waals surface area contributed by atoms with Gasteiger partial charge in [0.2, 0.25) is 0 Å². The summed E-state index contributed by atoms with van der Waals surface area (Å²) in [5, 5.41) is 17.7. The van der Waals surface area contributed by atoms with Crippen molar-refractivity contribution >= 4 is 11.7 Å². The van der Waals surface area contributed by atoms with Crippen molar-refractivity contribution in [2.75, 3.05) is 38.1 Å². The third-order valence-corrected chi connectivity index (χ3v) is 5.08. The number of anilines is 1. The van der Waals surface area contributed by atoms with Crippen LogP contribution in [-0.2, 0) is 0 Å². The molecule has 1 aliphatic heterocycles. The molecule has 4 rings (SSSR count). The molecule has 0 amide bonds. The maximum absolute atomic E-state index is 11.3. The quantitative estimate of drug-likeness (QED) is 0.744. The van der Waals surface area contributed by atoms with E-state index in [-0.39, 0.29) is 5.56 Å². The molecule has 3 heterocycles. The molecule has 0 atom stereocenters. The second-order valence-electron chi connectivity index (χ2n) is 7.08. The molecule has 0 bridgehead atoms. The highest BCUT2D eigenvalue weighted by molar-refractivity contribution is 5.88. The second-order valence-corrected chi connectivity index (χ2v) is 7.08. The molecule has 3 aromatic rings. The fourth-order valence-corrected chi connectivity index (χ4v) is 3.31. The summed E-state index contributed by atoms with van der Waals surface area (Å²) < 4.78 is 1.61. The minimum atomic E-state index is -0.967. The molecular formula is C20H22N6O2. The number of aryl methyl sites for hydroxylation is 1. The average molecular weight is 378 g/mol. The molecule has 1 fully saturated rings. The number of piperazine rings is 1. The van der Waals surface area contributed by atoms with Crippen LogP contribution in [0, 0.1) is 6.92 Å². The van der Waals surface area contributed by atoms with E-state index in [0.717, 1.165) is 43.0 Å². The van der Waals surface area contributed by atoms with Gasteiger partial charge in [-0.25, -0.2) is 9.48 Å². The van der Waals surface area contributed by atoms with Gasteiger partial charge in [0.25, 0.3) is 0 Å². The maximum Gasteiger partial charge on any atom is 0.335 e. The van der Waals surface area contributed by atoms with E-state index in [4.69, 9.17) is 0 Å². The molecule has 8 nitrogen and oxygen atoms in total. The molecule has 28 heavy (non-hydrogen) atoms. The van der Waals surface area contributed by atoms with Crippen molar-refractivity contribution in [3.05, 3.63) is 54.0 Å². The number of hydrogen-bond acceptors (Lipinski definition) is 6. The third-order valence-electron chi connectivity index (χ3n) is 5.08. The largest absolute Gasteiger partial charge is 0.478 e. The summed E-state index contributed by atoms with van der Waals surface area (Å²) >= 11 is 0. The monoisotopic (exact) mass is 378 g/mol. The first-order chi connectivity index (χ1) is 13.5. The lowest BCUT2D eigenvalue weighted by atomic mass is 10.1. The third kappa shape index (κ3) is 3.59. The zero-order valence-corrected chi connectivity index (χ0v) is 15.9. The minimum absolute atomic E-state index is 0.219. The predicted molar refractivity (Wildman–Crippen MR) is 106 cm³/mol. The van der Waals surface area contributed by atoms with Gasteiger partial charge in [0, 0.05) is 37.9 Å². The molecule has 1 N–H and O–H groups in total. The van der Waals surface area contributed by atoms with Gasteiger partial charge in [0.05, 0.1) is 29.3 Å². The molecule has 0 radical (unpaired) electrons. The van der Waals surface area contributed by atoms with Crippen LogP contribution < -0.4 is 4.90 Å². The number of pyridine rings is 1. The first kappa shape index (κ1) is 18.1. The Morgan fingerprint density at radius 2 is 1.89 bits per heavy atom. The molecule has 1 aliphatic rings. The maximum atomic E-state index is 11.3. The van der Waals surface area contributed by atoms with Gasteiger partial charge in [-0.3, -0.25) is 4.98 Å². The standard InChI is InChI=1S/C20H22N6O2/c1-14-3-4-15(20(27)28)10-19(14)26-13-18(22-23-26)16-9-17(12-21-11-16)25-7-5-24(2)6-8-25/h3-4,9-13H,5-8H2,1-2H3,(H,27,28). The van der Waals surface area contributed by atoms with Gasteiger partial charge in [-0.15, -0.1) is 5.10 Å². The molecule has 0 spiro atoms. The number of carbonyl (C=O) groups is 1. The number of benzene rings is 1. The van der Waals surface area contributed by atoms with Crippen LogP contribution in [0.5, 0.6) is 0 Å². The van der Waals surface area contributed by atoms with Crippen molar-refractivity contribution in [1.29, 1.82) is 0 Å². The summed E-state index contributed by atoms with van der Waals surface area (Å²) in [6, 6.07) is 7.04. The number of aromatic carboxylic acids is 1. The Hall–Kier alpha value is -3.26. The number of hydrogen-bond donors (Lipinski definition) is 1. The number of likely N-dealkylation sites (N-methyl/N-ethyl adjacent to an activating group) is 1. The van der Waals surface area contributed by atoms with Crippen LogP contribution in [0.1, 0.15) is 15.9 Å². The van der Waals surface area contributed by atoms with Crippen LogP contribution in [0.4, 0.5) is 5.69 Å². The molecule has 0 saturated carbocycles. The van der Waals surface area contributed by atoms with Gasteiger partial charge in [-0.1, -0.05) is 11.3 Å². The van der Waals surface area contributed by atoms with E-state index >= 15 is 0 Å². The number of carboxylic acids is 1. The lowest BCUT2D eigenvalue weighted by Crippen LogP contribution is -2.44. The first-order valence-electron chi connectivity index (χ1n) is 9.17. The van der Waals surface area contributed by atoms with E-state index in [0.29, 0.717) is 11.4 Å². The van der Waals surface area contributed by atoms with E-state index < -0.39 is 5.97 Å². The van der Waals surface area contributed by atoms with Crippen LogP contribution in [0.15, 0.2) is 42.9 Å². The topological polar surface area (TPSA) is 87.4 Å². The normalized spacial score (nSPS) is 15.0. The van der Waals surface area contributed by atoms with Gasteiger partial charge in [0.1, 0.15) is 5.69 Å². The molecule has 1 aromatic carbocycles. The predicted octanol–water partition coefficient (Wildman–Crippen LogP) is 2.09. The first-order valence-corrected chi connectivity index (χ1v) is 9.17. The van der Waals surface area contributed by atoms with E-state index in [9.17, 15) is 9.90 Å². The van der Waals surface area contributed by atoms with E-state index in [1.165, 1.54) is 0 Å². The fourth-order valence-electron chi connectivity index (χ4n) is 3.31. The van der Waals surface area contributed by atoms with Gasteiger partial charge < -0.3 is 14.9 Å². The average Bonchev–Trinajstić information content (AvgIpc) is 3.19. The van der Waals surface area contributed by atoms with Crippen molar-refractivity contribution in [2.45, 2.75) is 6.92 Å². The number of nitrogens with zero attached hydrogens (tertiary/aromatic N) is 6. The van der Waals surface area contributed by atoms with Crippen LogP contribution in [0.2, 0.25) is 0 Å². The van der Waals surface area contributed by atoms with Crippen molar-refractivity contribution in [3.8, 4) is 16.9 Å². The molecular weight excluding hydrogens is 356 g/mol. The fraction of sp³-hybridized carbons (Fsp3) is 0.300. The van der Waals surface area contributed by atoms with Gasteiger partial charge >= 0.3 is 5.97 Å².